The molecule has 1 atom stereocenters. The van der Waals surface area contributed by atoms with Crippen molar-refractivity contribution >= 4 is 11.9 Å². The number of nitrogens with one attached hydrogen (secondary N) is 1. The molecule has 0 aliphatic carbocycles. The monoisotopic (exact) mass is 247 g/mol. The summed E-state index contributed by atoms with van der Waals surface area (Å²) in [4.78, 5) is 23.6. The van der Waals surface area contributed by atoms with E-state index in [-0.39, 0.29) is 11.9 Å². The molecule has 0 bridgehead atoms. The van der Waals surface area contributed by atoms with Crippen LogP contribution in [-0.2, 0) is 19.7 Å². The highest BCUT2D eigenvalue weighted by molar-refractivity contribution is 5.88. The first-order chi connectivity index (χ1) is 8.69. The molecular formula is C14H17NO3. The number of esters is 1. The van der Waals surface area contributed by atoms with Crippen molar-refractivity contribution in [2.24, 2.45) is 0 Å². The van der Waals surface area contributed by atoms with Gasteiger partial charge in [0, 0.05) is 13.0 Å². The van der Waals surface area contributed by atoms with Gasteiger partial charge in [-0.3, -0.25) is 9.59 Å². The molecule has 1 heterocycles. The molecule has 18 heavy (non-hydrogen) atoms. The van der Waals surface area contributed by atoms with Gasteiger partial charge in [0.25, 0.3) is 0 Å². The van der Waals surface area contributed by atoms with Crippen molar-refractivity contribution in [3.05, 3.63) is 35.9 Å². The predicted molar refractivity (Wildman–Crippen MR) is 67.0 cm³/mol. The van der Waals surface area contributed by atoms with E-state index in [2.05, 4.69) is 5.32 Å². The normalized spacial score (nSPS) is 23.3. The molecule has 0 aromatic heterocycles. The molecule has 4 nitrogen and oxygen atoms in total. The lowest BCUT2D eigenvalue weighted by atomic mass is 9.74. The summed E-state index contributed by atoms with van der Waals surface area (Å²) >= 11 is 0. The third-order valence-electron chi connectivity index (χ3n) is 3.36. The maximum absolute atomic E-state index is 12.3. The number of carbonyl (C=O) groups excluding carboxylic acids is 2. The van der Waals surface area contributed by atoms with Gasteiger partial charge >= 0.3 is 5.97 Å². The molecule has 1 amide bonds. The minimum absolute atomic E-state index is 0.00847. The third kappa shape index (κ3) is 2.23. The standard InChI is InChI=1S/C14H17NO3/c1-2-18-13(17)14(9-8-12(16)15-10-14)11-6-4-3-5-7-11/h3-7H,2,8-10H2,1H3,(H,15,16)/t14-/m0/s1. The Morgan fingerprint density at radius 3 is 2.67 bits per heavy atom. The summed E-state index contributed by atoms with van der Waals surface area (Å²) in [5, 5.41) is 2.77. The Morgan fingerprint density at radius 1 is 1.39 bits per heavy atom. The van der Waals surface area contributed by atoms with Crippen LogP contribution in [0.2, 0.25) is 0 Å². The van der Waals surface area contributed by atoms with Crippen molar-refractivity contribution in [3.63, 3.8) is 0 Å². The van der Waals surface area contributed by atoms with Gasteiger partial charge in [-0.05, 0) is 18.9 Å². The second-order valence-corrected chi connectivity index (χ2v) is 4.45. The Hall–Kier alpha value is -1.84. The van der Waals surface area contributed by atoms with Crippen LogP contribution in [0.1, 0.15) is 25.3 Å². The first kappa shape index (κ1) is 12.6. The smallest absolute Gasteiger partial charge is 0.318 e. The topological polar surface area (TPSA) is 55.4 Å². The molecule has 1 N–H and O–H groups in total. The number of piperidine rings is 1. The van der Waals surface area contributed by atoms with Gasteiger partial charge in [-0.15, -0.1) is 0 Å². The van der Waals surface area contributed by atoms with E-state index in [0.717, 1.165) is 5.56 Å². The Bertz CT molecular complexity index is 432. The van der Waals surface area contributed by atoms with Gasteiger partial charge in [0.05, 0.1) is 6.61 Å². The van der Waals surface area contributed by atoms with Crippen LogP contribution in [0.3, 0.4) is 0 Å². The Labute approximate surface area is 106 Å². The first-order valence-electron chi connectivity index (χ1n) is 6.18. The van der Waals surface area contributed by atoms with Crippen LogP contribution < -0.4 is 5.32 Å². The number of ether oxygens (including phenoxy) is 1. The number of hydrogen-bond donors (Lipinski definition) is 1. The third-order valence-corrected chi connectivity index (χ3v) is 3.36. The van der Waals surface area contributed by atoms with Crippen molar-refractivity contribution in [1.82, 2.24) is 5.32 Å². The zero-order valence-corrected chi connectivity index (χ0v) is 10.4. The van der Waals surface area contributed by atoms with Gasteiger partial charge in [0.1, 0.15) is 5.41 Å². The second-order valence-electron chi connectivity index (χ2n) is 4.45. The van der Waals surface area contributed by atoms with Crippen molar-refractivity contribution in [2.75, 3.05) is 13.2 Å². The molecule has 0 spiro atoms. The SMILES string of the molecule is CCOC(=O)[C@@]1(c2ccccc2)CCC(=O)NC1. The highest BCUT2D eigenvalue weighted by Crippen LogP contribution is 2.32. The zero-order valence-electron chi connectivity index (χ0n) is 10.4. The molecule has 1 aliphatic heterocycles. The van der Waals surface area contributed by atoms with E-state index in [1.54, 1.807) is 6.92 Å². The maximum atomic E-state index is 12.3. The number of carbonyl (C=O) groups is 2. The summed E-state index contributed by atoms with van der Waals surface area (Å²) in [6.07, 6.45) is 0.857. The van der Waals surface area contributed by atoms with E-state index < -0.39 is 5.41 Å². The van der Waals surface area contributed by atoms with Crippen LogP contribution in [0.4, 0.5) is 0 Å². The lowest BCUT2D eigenvalue weighted by Gasteiger charge is -2.35. The average Bonchev–Trinajstić information content (AvgIpc) is 2.41. The summed E-state index contributed by atoms with van der Waals surface area (Å²) in [5.41, 5.74) is 0.175. The molecule has 1 aromatic rings. The summed E-state index contributed by atoms with van der Waals surface area (Å²) in [6, 6.07) is 9.52. The van der Waals surface area contributed by atoms with E-state index in [9.17, 15) is 9.59 Å². The molecule has 0 unspecified atom stereocenters. The van der Waals surface area contributed by atoms with Crippen LogP contribution in [0, 0.1) is 0 Å². The molecule has 1 aromatic carbocycles. The highest BCUT2D eigenvalue weighted by Gasteiger charge is 2.44. The molecule has 96 valence electrons. The molecular weight excluding hydrogens is 230 g/mol. The molecule has 1 aliphatic rings. The van der Waals surface area contributed by atoms with Gasteiger partial charge in [0.15, 0.2) is 0 Å². The van der Waals surface area contributed by atoms with E-state index in [1.165, 1.54) is 0 Å². The zero-order chi connectivity index (χ0) is 13.0. The average molecular weight is 247 g/mol. The van der Waals surface area contributed by atoms with Gasteiger partial charge in [0.2, 0.25) is 5.91 Å². The predicted octanol–water partition coefficient (Wildman–Crippen LogP) is 1.40. The van der Waals surface area contributed by atoms with Gasteiger partial charge in [-0.25, -0.2) is 0 Å². The summed E-state index contributed by atoms with van der Waals surface area (Å²) < 4.78 is 5.18. The first-order valence-corrected chi connectivity index (χ1v) is 6.18. The summed E-state index contributed by atoms with van der Waals surface area (Å²) in [7, 11) is 0. The van der Waals surface area contributed by atoms with Crippen LogP contribution in [0.25, 0.3) is 0 Å². The quantitative estimate of drug-likeness (QED) is 0.821. The molecule has 4 heteroatoms. The Kier molecular flexibility index (Phi) is 3.65. The summed E-state index contributed by atoms with van der Waals surface area (Å²) in [6.45, 7) is 2.45. The second kappa shape index (κ2) is 5.21. The molecule has 0 radical (unpaired) electrons. The van der Waals surface area contributed by atoms with Crippen molar-refractivity contribution < 1.29 is 14.3 Å². The molecule has 1 fully saturated rings. The number of amides is 1. The largest absolute Gasteiger partial charge is 0.465 e. The number of rotatable bonds is 3. The van der Waals surface area contributed by atoms with Crippen LogP contribution in [0.5, 0.6) is 0 Å². The van der Waals surface area contributed by atoms with Crippen LogP contribution in [0.15, 0.2) is 30.3 Å². The highest BCUT2D eigenvalue weighted by atomic mass is 16.5. The van der Waals surface area contributed by atoms with Crippen LogP contribution >= 0.6 is 0 Å². The number of benzene rings is 1. The van der Waals surface area contributed by atoms with Crippen molar-refractivity contribution in [1.29, 1.82) is 0 Å². The van der Waals surface area contributed by atoms with Crippen LogP contribution in [-0.4, -0.2) is 25.0 Å². The lowest BCUT2D eigenvalue weighted by molar-refractivity contribution is -0.151. The Morgan fingerprint density at radius 2 is 2.11 bits per heavy atom. The fraction of sp³-hybridized carbons (Fsp3) is 0.429. The van der Waals surface area contributed by atoms with E-state index in [0.29, 0.717) is 26.0 Å². The van der Waals surface area contributed by atoms with Gasteiger partial charge in [-0.1, -0.05) is 30.3 Å². The maximum Gasteiger partial charge on any atom is 0.318 e. The molecule has 0 saturated carbocycles. The fourth-order valence-electron chi connectivity index (χ4n) is 2.32. The Balaban J connectivity index is 2.34. The van der Waals surface area contributed by atoms with E-state index in [4.69, 9.17) is 4.74 Å². The fourth-order valence-corrected chi connectivity index (χ4v) is 2.32. The van der Waals surface area contributed by atoms with Gasteiger partial charge < -0.3 is 10.1 Å². The minimum Gasteiger partial charge on any atom is -0.465 e. The summed E-state index contributed by atoms with van der Waals surface area (Å²) in [5.74, 6) is -0.262. The lowest BCUT2D eigenvalue weighted by Crippen LogP contribution is -2.51. The number of hydrogen-bond acceptors (Lipinski definition) is 3. The van der Waals surface area contributed by atoms with Gasteiger partial charge in [-0.2, -0.15) is 0 Å². The molecule has 2 rings (SSSR count). The molecule has 1 saturated heterocycles. The van der Waals surface area contributed by atoms with Crippen molar-refractivity contribution in [2.45, 2.75) is 25.2 Å². The van der Waals surface area contributed by atoms with E-state index in [1.807, 2.05) is 30.3 Å². The minimum atomic E-state index is -0.731. The van der Waals surface area contributed by atoms with E-state index >= 15 is 0 Å². The van der Waals surface area contributed by atoms with Crippen molar-refractivity contribution in [3.8, 4) is 0 Å².